The number of hydrogen-bond acceptors (Lipinski definition) is 5. The molecule has 28 heavy (non-hydrogen) atoms. The van der Waals surface area contributed by atoms with Crippen LogP contribution < -0.4 is 4.90 Å². The number of fused-ring (bicyclic) bond motifs is 1. The number of ether oxygens (including phenoxy) is 1. The van der Waals surface area contributed by atoms with Gasteiger partial charge in [0.15, 0.2) is 0 Å². The number of H-pyrrole nitrogens is 1. The fourth-order valence-corrected chi connectivity index (χ4v) is 3.38. The van der Waals surface area contributed by atoms with Gasteiger partial charge in [-0.1, -0.05) is 0 Å². The molecule has 2 aromatic heterocycles. The second-order valence-corrected chi connectivity index (χ2v) is 8.10. The van der Waals surface area contributed by atoms with Crippen LogP contribution >= 0.6 is 0 Å². The number of carbonyl (C=O) groups is 1. The summed E-state index contributed by atoms with van der Waals surface area (Å²) in [6, 6.07) is -0.512. The number of nitrogens with zero attached hydrogens (tertiary/aromatic N) is 4. The Morgan fingerprint density at radius 2 is 1.86 bits per heavy atom. The average molecular weight is 399 g/mol. The van der Waals surface area contributed by atoms with Crippen LogP contribution in [0.1, 0.15) is 40.2 Å². The molecule has 3 heterocycles. The first-order valence-electron chi connectivity index (χ1n) is 9.04. The van der Waals surface area contributed by atoms with Crippen LogP contribution in [0.25, 0.3) is 11.0 Å². The quantitative estimate of drug-likeness (QED) is 0.789. The summed E-state index contributed by atoms with van der Waals surface area (Å²) in [6.45, 7) is 9.69. The molecule has 1 aliphatic rings. The van der Waals surface area contributed by atoms with Gasteiger partial charge in [0.05, 0.1) is 10.9 Å². The maximum atomic E-state index is 13.4. The second-order valence-electron chi connectivity index (χ2n) is 8.10. The van der Waals surface area contributed by atoms with Crippen molar-refractivity contribution in [3.63, 3.8) is 0 Å². The van der Waals surface area contributed by atoms with E-state index in [9.17, 15) is 18.0 Å². The summed E-state index contributed by atoms with van der Waals surface area (Å²) in [4.78, 5) is 26.5. The minimum absolute atomic E-state index is 0.0558. The highest BCUT2D eigenvalue weighted by molar-refractivity contribution is 5.91. The van der Waals surface area contributed by atoms with E-state index in [0.717, 1.165) is 6.20 Å². The number of rotatable bonds is 1. The molecule has 2 atom stereocenters. The summed E-state index contributed by atoms with van der Waals surface area (Å²) >= 11 is 0. The molecule has 0 spiro atoms. The molecule has 1 N–H and O–H groups in total. The van der Waals surface area contributed by atoms with Gasteiger partial charge in [-0.3, -0.25) is 0 Å². The molecule has 0 aliphatic carbocycles. The highest BCUT2D eigenvalue weighted by atomic mass is 19.4. The molecule has 0 bridgehead atoms. The van der Waals surface area contributed by atoms with E-state index < -0.39 is 23.4 Å². The van der Waals surface area contributed by atoms with E-state index in [0.29, 0.717) is 13.1 Å². The minimum atomic E-state index is -4.52. The summed E-state index contributed by atoms with van der Waals surface area (Å²) in [5.41, 5.74) is -1.29. The van der Waals surface area contributed by atoms with Crippen LogP contribution in [0.4, 0.5) is 23.8 Å². The van der Waals surface area contributed by atoms with E-state index in [2.05, 4.69) is 15.0 Å². The van der Waals surface area contributed by atoms with E-state index in [1.165, 1.54) is 6.33 Å². The van der Waals surface area contributed by atoms with Crippen LogP contribution in [0.5, 0.6) is 0 Å². The molecule has 1 unspecified atom stereocenters. The zero-order valence-corrected chi connectivity index (χ0v) is 16.5. The summed E-state index contributed by atoms with van der Waals surface area (Å²) in [5, 5.41) is -0.0558. The Bertz CT molecular complexity index is 874. The Morgan fingerprint density at radius 1 is 1.18 bits per heavy atom. The molecule has 1 amide bonds. The normalized spacial score (nSPS) is 21.3. The van der Waals surface area contributed by atoms with Gasteiger partial charge in [0.1, 0.15) is 23.4 Å². The SMILES string of the molecule is CC1CN(C(=O)OC(C)(C)C)[C@@H](C)CN1c1ncnc2[nH]cc(C(F)(F)F)c12. The van der Waals surface area contributed by atoms with E-state index in [4.69, 9.17) is 4.74 Å². The third-order valence-corrected chi connectivity index (χ3v) is 4.64. The number of carbonyl (C=O) groups excluding carboxylic acids is 1. The number of aromatic nitrogens is 3. The lowest BCUT2D eigenvalue weighted by Crippen LogP contribution is -2.59. The fourth-order valence-electron chi connectivity index (χ4n) is 3.38. The molecule has 0 saturated carbocycles. The second kappa shape index (κ2) is 6.82. The predicted octanol–water partition coefficient (Wildman–Crippen LogP) is 3.81. The molecule has 7 nitrogen and oxygen atoms in total. The van der Waals surface area contributed by atoms with Gasteiger partial charge in [0.25, 0.3) is 0 Å². The average Bonchev–Trinajstić information content (AvgIpc) is 2.99. The molecule has 0 aromatic carbocycles. The number of anilines is 1. The molecule has 10 heteroatoms. The maximum Gasteiger partial charge on any atom is 0.418 e. The summed E-state index contributed by atoms with van der Waals surface area (Å²) in [6.07, 6.45) is -2.80. The van der Waals surface area contributed by atoms with Crippen molar-refractivity contribution in [3.05, 3.63) is 18.1 Å². The molecule has 154 valence electrons. The van der Waals surface area contributed by atoms with Crippen molar-refractivity contribution in [1.29, 1.82) is 0 Å². The monoisotopic (exact) mass is 399 g/mol. The fraction of sp³-hybridized carbons (Fsp3) is 0.611. The largest absolute Gasteiger partial charge is 0.444 e. The van der Waals surface area contributed by atoms with E-state index >= 15 is 0 Å². The highest BCUT2D eigenvalue weighted by Gasteiger charge is 2.39. The Balaban J connectivity index is 1.92. The first-order valence-corrected chi connectivity index (χ1v) is 9.04. The number of aromatic amines is 1. The van der Waals surface area contributed by atoms with Gasteiger partial charge < -0.3 is 19.5 Å². The van der Waals surface area contributed by atoms with Crippen LogP contribution in [0.2, 0.25) is 0 Å². The topological polar surface area (TPSA) is 74.3 Å². The maximum absolute atomic E-state index is 13.4. The number of nitrogens with one attached hydrogen (secondary N) is 1. The zero-order chi connectivity index (χ0) is 20.9. The molecular formula is C18H24F3N5O2. The molecule has 1 saturated heterocycles. The number of piperazine rings is 1. The van der Waals surface area contributed by atoms with Crippen molar-refractivity contribution in [1.82, 2.24) is 19.9 Å². The third-order valence-electron chi connectivity index (χ3n) is 4.64. The summed E-state index contributed by atoms with van der Waals surface area (Å²) < 4.78 is 45.7. The van der Waals surface area contributed by atoms with Crippen molar-refractivity contribution >= 4 is 22.9 Å². The van der Waals surface area contributed by atoms with E-state index in [1.54, 1.807) is 30.6 Å². The first-order chi connectivity index (χ1) is 12.9. The lowest BCUT2D eigenvalue weighted by atomic mass is 10.1. The standard InChI is InChI=1S/C18H24F3N5O2/c1-10-8-26(16(27)28-17(3,4)5)11(2)7-25(10)15-13-12(18(19,20)21)6-22-14(13)23-9-24-15/h6,9-11H,7-8H2,1-5H3,(H,22,23,24)/t10?,11-/m0/s1. The number of halogens is 3. The van der Waals surface area contributed by atoms with E-state index in [1.807, 2.05) is 13.8 Å². The third kappa shape index (κ3) is 3.85. The number of hydrogen-bond donors (Lipinski definition) is 1. The van der Waals surface area contributed by atoms with Crippen LogP contribution in [-0.2, 0) is 10.9 Å². The molecular weight excluding hydrogens is 375 g/mol. The number of alkyl halides is 3. The van der Waals surface area contributed by atoms with Crippen molar-refractivity contribution < 1.29 is 22.7 Å². The van der Waals surface area contributed by atoms with Gasteiger partial charge in [-0.25, -0.2) is 14.8 Å². The van der Waals surface area contributed by atoms with Gasteiger partial charge in [0, 0.05) is 31.4 Å². The Morgan fingerprint density at radius 3 is 2.46 bits per heavy atom. The van der Waals surface area contributed by atoms with E-state index in [-0.39, 0.29) is 28.9 Å². The van der Waals surface area contributed by atoms with Crippen molar-refractivity contribution in [3.8, 4) is 0 Å². The lowest BCUT2D eigenvalue weighted by Gasteiger charge is -2.44. The predicted molar refractivity (Wildman–Crippen MR) is 98.1 cm³/mol. The molecule has 1 aliphatic heterocycles. The summed E-state index contributed by atoms with van der Waals surface area (Å²) in [7, 11) is 0. The summed E-state index contributed by atoms with van der Waals surface area (Å²) in [5.74, 6) is 0.210. The minimum Gasteiger partial charge on any atom is -0.444 e. The molecule has 1 fully saturated rings. The van der Waals surface area contributed by atoms with Gasteiger partial charge in [0.2, 0.25) is 0 Å². The van der Waals surface area contributed by atoms with Crippen LogP contribution in [-0.4, -0.2) is 56.7 Å². The van der Waals surface area contributed by atoms with Crippen molar-refractivity contribution in [2.45, 2.75) is 58.5 Å². The van der Waals surface area contributed by atoms with Gasteiger partial charge in [-0.05, 0) is 34.6 Å². The Kier molecular flexibility index (Phi) is 4.93. The number of amides is 1. The van der Waals surface area contributed by atoms with Crippen LogP contribution in [0, 0.1) is 0 Å². The zero-order valence-electron chi connectivity index (χ0n) is 16.5. The van der Waals surface area contributed by atoms with Crippen molar-refractivity contribution in [2.75, 3.05) is 18.0 Å². The Labute approximate surface area is 160 Å². The first kappa shape index (κ1) is 20.2. The smallest absolute Gasteiger partial charge is 0.418 e. The van der Waals surface area contributed by atoms with Gasteiger partial charge in [-0.15, -0.1) is 0 Å². The Hall–Kier alpha value is -2.52. The lowest BCUT2D eigenvalue weighted by molar-refractivity contribution is -0.136. The van der Waals surface area contributed by atoms with Gasteiger partial charge >= 0.3 is 12.3 Å². The molecule has 0 radical (unpaired) electrons. The molecule has 3 rings (SSSR count). The molecule has 2 aromatic rings. The van der Waals surface area contributed by atoms with Crippen LogP contribution in [0.15, 0.2) is 12.5 Å². The van der Waals surface area contributed by atoms with Gasteiger partial charge in [-0.2, -0.15) is 13.2 Å². The van der Waals surface area contributed by atoms with Crippen molar-refractivity contribution in [2.24, 2.45) is 0 Å². The highest BCUT2D eigenvalue weighted by Crippen LogP contribution is 2.39. The van der Waals surface area contributed by atoms with Crippen LogP contribution in [0.3, 0.4) is 0 Å².